The SMILES string of the molecule is CC(C)n1c(=S)nc(-c2ccccc2)c2ccccc21. The van der Waals surface area contributed by atoms with Gasteiger partial charge in [0.05, 0.1) is 11.2 Å². The van der Waals surface area contributed by atoms with E-state index in [1.165, 1.54) is 0 Å². The molecule has 0 amide bonds. The first kappa shape index (κ1) is 13.0. The van der Waals surface area contributed by atoms with Crippen LogP contribution in [-0.4, -0.2) is 9.55 Å². The Morgan fingerprint density at radius 2 is 1.60 bits per heavy atom. The molecule has 0 fully saturated rings. The maximum Gasteiger partial charge on any atom is 0.200 e. The highest BCUT2D eigenvalue weighted by molar-refractivity contribution is 7.71. The molecule has 3 aromatic rings. The van der Waals surface area contributed by atoms with Crippen molar-refractivity contribution in [1.29, 1.82) is 0 Å². The van der Waals surface area contributed by atoms with Crippen molar-refractivity contribution in [3.8, 4) is 11.3 Å². The summed E-state index contributed by atoms with van der Waals surface area (Å²) in [5.74, 6) is 0. The molecule has 0 spiro atoms. The van der Waals surface area contributed by atoms with Crippen LogP contribution in [0.15, 0.2) is 54.6 Å². The van der Waals surface area contributed by atoms with Crippen molar-refractivity contribution in [2.24, 2.45) is 0 Å². The lowest BCUT2D eigenvalue weighted by Gasteiger charge is -2.16. The number of benzene rings is 2. The zero-order valence-electron chi connectivity index (χ0n) is 11.6. The van der Waals surface area contributed by atoms with E-state index in [0.717, 1.165) is 22.2 Å². The van der Waals surface area contributed by atoms with Crippen LogP contribution in [0.1, 0.15) is 19.9 Å². The molecule has 3 rings (SSSR count). The standard InChI is InChI=1S/C17H16N2S/c1-12(2)19-15-11-7-6-10-14(15)16(18-17(19)20)13-8-4-3-5-9-13/h3-12H,1-2H3. The van der Waals surface area contributed by atoms with Crippen LogP contribution in [0.25, 0.3) is 22.2 Å². The lowest BCUT2D eigenvalue weighted by molar-refractivity contribution is 0.600. The molecule has 1 aromatic heterocycles. The van der Waals surface area contributed by atoms with Crippen molar-refractivity contribution in [3.63, 3.8) is 0 Å². The normalized spacial score (nSPS) is 11.2. The third-order valence-corrected chi connectivity index (χ3v) is 3.68. The van der Waals surface area contributed by atoms with E-state index in [1.54, 1.807) is 0 Å². The molecule has 20 heavy (non-hydrogen) atoms. The molecule has 0 aliphatic heterocycles. The minimum Gasteiger partial charge on any atom is -0.314 e. The molecule has 3 heteroatoms. The van der Waals surface area contributed by atoms with Crippen LogP contribution in [0, 0.1) is 4.77 Å². The first-order valence-corrected chi connectivity index (χ1v) is 7.16. The van der Waals surface area contributed by atoms with E-state index in [9.17, 15) is 0 Å². The molecule has 0 saturated heterocycles. The van der Waals surface area contributed by atoms with Crippen molar-refractivity contribution < 1.29 is 0 Å². The summed E-state index contributed by atoms with van der Waals surface area (Å²) in [7, 11) is 0. The molecule has 0 N–H and O–H groups in total. The van der Waals surface area contributed by atoms with Gasteiger partial charge in [0.25, 0.3) is 0 Å². The molecule has 0 radical (unpaired) electrons. The van der Waals surface area contributed by atoms with Gasteiger partial charge in [-0.25, -0.2) is 4.98 Å². The second-order valence-corrected chi connectivity index (χ2v) is 5.46. The van der Waals surface area contributed by atoms with Gasteiger partial charge in [-0.05, 0) is 32.1 Å². The Morgan fingerprint density at radius 3 is 2.30 bits per heavy atom. The number of hydrogen-bond acceptors (Lipinski definition) is 2. The van der Waals surface area contributed by atoms with Gasteiger partial charge < -0.3 is 4.57 Å². The smallest absolute Gasteiger partial charge is 0.200 e. The largest absolute Gasteiger partial charge is 0.314 e. The van der Waals surface area contributed by atoms with Crippen molar-refractivity contribution in [2.45, 2.75) is 19.9 Å². The van der Waals surface area contributed by atoms with Gasteiger partial charge in [-0.15, -0.1) is 0 Å². The number of fused-ring (bicyclic) bond motifs is 1. The van der Waals surface area contributed by atoms with Crippen molar-refractivity contribution in [1.82, 2.24) is 9.55 Å². The van der Waals surface area contributed by atoms with Crippen LogP contribution in [0.4, 0.5) is 0 Å². The van der Waals surface area contributed by atoms with Crippen LogP contribution in [0.5, 0.6) is 0 Å². The van der Waals surface area contributed by atoms with Crippen LogP contribution in [-0.2, 0) is 0 Å². The van der Waals surface area contributed by atoms with Gasteiger partial charge in [-0.1, -0.05) is 48.5 Å². The van der Waals surface area contributed by atoms with Gasteiger partial charge in [0, 0.05) is 17.0 Å². The molecule has 0 bridgehead atoms. The summed E-state index contributed by atoms with van der Waals surface area (Å²) in [6, 6.07) is 18.8. The molecule has 0 aliphatic rings. The monoisotopic (exact) mass is 280 g/mol. The topological polar surface area (TPSA) is 17.8 Å². The van der Waals surface area contributed by atoms with Crippen LogP contribution in [0.2, 0.25) is 0 Å². The molecular weight excluding hydrogens is 264 g/mol. The Morgan fingerprint density at radius 1 is 0.950 bits per heavy atom. The fourth-order valence-corrected chi connectivity index (χ4v) is 2.91. The van der Waals surface area contributed by atoms with E-state index in [0.29, 0.717) is 10.8 Å². The minimum atomic E-state index is 0.296. The average molecular weight is 280 g/mol. The molecule has 2 aromatic carbocycles. The van der Waals surface area contributed by atoms with Gasteiger partial charge in [0.2, 0.25) is 4.77 Å². The molecular formula is C17H16N2S. The van der Waals surface area contributed by atoms with E-state index >= 15 is 0 Å². The molecule has 1 heterocycles. The van der Waals surface area contributed by atoms with E-state index in [2.05, 4.69) is 47.7 Å². The lowest BCUT2D eigenvalue weighted by Crippen LogP contribution is -2.07. The number of para-hydroxylation sites is 1. The van der Waals surface area contributed by atoms with Gasteiger partial charge in [0.15, 0.2) is 0 Å². The van der Waals surface area contributed by atoms with E-state index in [-0.39, 0.29) is 0 Å². The number of hydrogen-bond donors (Lipinski definition) is 0. The summed E-state index contributed by atoms with van der Waals surface area (Å²) < 4.78 is 2.74. The molecule has 0 unspecified atom stereocenters. The first-order valence-electron chi connectivity index (χ1n) is 6.75. The summed E-state index contributed by atoms with van der Waals surface area (Å²) in [4.78, 5) is 4.67. The number of rotatable bonds is 2. The highest BCUT2D eigenvalue weighted by atomic mass is 32.1. The fraction of sp³-hybridized carbons (Fsp3) is 0.176. The fourth-order valence-electron chi connectivity index (χ4n) is 2.51. The minimum absolute atomic E-state index is 0.296. The van der Waals surface area contributed by atoms with E-state index in [4.69, 9.17) is 12.2 Å². The first-order chi connectivity index (χ1) is 9.68. The Balaban J connectivity index is 2.42. The van der Waals surface area contributed by atoms with Gasteiger partial charge in [-0.3, -0.25) is 0 Å². The summed E-state index contributed by atoms with van der Waals surface area (Å²) in [6.45, 7) is 4.26. The Labute approximate surface area is 123 Å². The van der Waals surface area contributed by atoms with E-state index < -0.39 is 0 Å². The quantitative estimate of drug-likeness (QED) is 0.614. The number of nitrogens with zero attached hydrogens (tertiary/aromatic N) is 2. The van der Waals surface area contributed by atoms with Gasteiger partial charge in [0.1, 0.15) is 0 Å². The van der Waals surface area contributed by atoms with Gasteiger partial charge in [-0.2, -0.15) is 0 Å². The van der Waals surface area contributed by atoms with Crippen molar-refractivity contribution >= 4 is 23.1 Å². The lowest BCUT2D eigenvalue weighted by atomic mass is 10.1. The predicted molar refractivity (Wildman–Crippen MR) is 86.4 cm³/mol. The molecule has 0 saturated carbocycles. The van der Waals surface area contributed by atoms with Crippen LogP contribution >= 0.6 is 12.2 Å². The molecule has 100 valence electrons. The predicted octanol–water partition coefficient (Wildman–Crippen LogP) is 5.01. The second kappa shape index (κ2) is 5.17. The second-order valence-electron chi connectivity index (χ2n) is 5.09. The van der Waals surface area contributed by atoms with Crippen LogP contribution < -0.4 is 0 Å². The third kappa shape index (κ3) is 2.14. The highest BCUT2D eigenvalue weighted by Crippen LogP contribution is 2.28. The molecule has 0 atom stereocenters. The molecule has 2 nitrogen and oxygen atoms in total. The zero-order valence-corrected chi connectivity index (χ0v) is 12.4. The average Bonchev–Trinajstić information content (AvgIpc) is 2.47. The van der Waals surface area contributed by atoms with Crippen molar-refractivity contribution in [2.75, 3.05) is 0 Å². The zero-order chi connectivity index (χ0) is 14.1. The Hall–Kier alpha value is -2.00. The highest BCUT2D eigenvalue weighted by Gasteiger charge is 2.11. The summed E-state index contributed by atoms with van der Waals surface area (Å²) in [6.07, 6.45) is 0. The van der Waals surface area contributed by atoms with Crippen molar-refractivity contribution in [3.05, 3.63) is 59.4 Å². The summed E-state index contributed by atoms with van der Waals surface area (Å²) in [5.41, 5.74) is 3.20. The Kier molecular flexibility index (Phi) is 3.36. The third-order valence-electron chi connectivity index (χ3n) is 3.40. The van der Waals surface area contributed by atoms with E-state index in [1.807, 2.05) is 30.3 Å². The maximum absolute atomic E-state index is 5.50. The molecule has 0 aliphatic carbocycles. The number of aromatic nitrogens is 2. The van der Waals surface area contributed by atoms with Gasteiger partial charge >= 0.3 is 0 Å². The van der Waals surface area contributed by atoms with Crippen LogP contribution in [0.3, 0.4) is 0 Å². The Bertz CT molecular complexity index is 804. The summed E-state index contributed by atoms with van der Waals surface area (Å²) >= 11 is 5.50. The maximum atomic E-state index is 5.50. The summed E-state index contributed by atoms with van der Waals surface area (Å²) in [5, 5.41) is 1.14.